The molecule has 5 nitrogen and oxygen atoms in total. The Balaban J connectivity index is 1.97. The van der Waals surface area contributed by atoms with Gasteiger partial charge in [-0.1, -0.05) is 13.8 Å². The third kappa shape index (κ3) is 4.35. The molecule has 3 N–H and O–H groups in total. The molecule has 1 aliphatic rings. The minimum atomic E-state index is -0.0902. The highest BCUT2D eigenvalue weighted by atomic mass is 16.2. The van der Waals surface area contributed by atoms with Crippen molar-refractivity contribution < 1.29 is 5.11 Å². The molecule has 0 atom stereocenters. The Morgan fingerprint density at radius 1 is 1.53 bits per heavy atom. The van der Waals surface area contributed by atoms with E-state index in [1.54, 1.807) is 0 Å². The third-order valence-corrected chi connectivity index (χ3v) is 3.48. The molecule has 1 saturated carbocycles. The summed E-state index contributed by atoms with van der Waals surface area (Å²) in [5, 5.41) is 12.1. The minimum absolute atomic E-state index is 0.0761. The molecule has 0 bridgehead atoms. The zero-order valence-corrected chi connectivity index (χ0v) is 11.7. The van der Waals surface area contributed by atoms with Gasteiger partial charge in [-0.05, 0) is 31.1 Å². The maximum atomic E-state index is 11.6. The predicted octanol–water partition coefficient (Wildman–Crippen LogP) is 1.86. The molecule has 0 saturated heterocycles. The van der Waals surface area contributed by atoms with Crippen molar-refractivity contribution in [2.45, 2.75) is 45.4 Å². The van der Waals surface area contributed by atoms with Gasteiger partial charge in [0.1, 0.15) is 11.6 Å². The number of H-pyrrole nitrogens is 1. The van der Waals surface area contributed by atoms with Crippen LogP contribution in [0.15, 0.2) is 10.9 Å². The zero-order valence-electron chi connectivity index (χ0n) is 11.7. The number of nitrogens with one attached hydrogen (secondary N) is 2. The van der Waals surface area contributed by atoms with E-state index in [0.29, 0.717) is 11.7 Å². The number of rotatable bonds is 7. The second-order valence-electron chi connectivity index (χ2n) is 6.14. The Morgan fingerprint density at radius 3 is 2.89 bits per heavy atom. The van der Waals surface area contributed by atoms with E-state index in [4.69, 9.17) is 5.11 Å². The monoisotopic (exact) mass is 265 g/mol. The molecule has 19 heavy (non-hydrogen) atoms. The summed E-state index contributed by atoms with van der Waals surface area (Å²) in [6, 6.07) is 1.51. The summed E-state index contributed by atoms with van der Waals surface area (Å²) in [7, 11) is 0. The summed E-state index contributed by atoms with van der Waals surface area (Å²) in [5.41, 5.74) is -0.0141. The Kier molecular flexibility index (Phi) is 4.24. The normalized spacial score (nSPS) is 15.5. The van der Waals surface area contributed by atoms with Gasteiger partial charge in [-0.3, -0.25) is 4.79 Å². The standard InChI is InChI=1S/C14H23N3O2/c1-14(2,6-3-7-18)9-15-11-8-12(19)17-13(16-11)10-4-5-10/h8,10,18H,3-7,9H2,1-2H3,(H2,15,16,17,19). The van der Waals surface area contributed by atoms with Crippen molar-refractivity contribution in [3.05, 3.63) is 22.2 Å². The van der Waals surface area contributed by atoms with Crippen LogP contribution in [-0.2, 0) is 0 Å². The van der Waals surface area contributed by atoms with Crippen molar-refractivity contribution in [1.82, 2.24) is 9.97 Å². The number of aliphatic hydroxyl groups is 1. The van der Waals surface area contributed by atoms with Gasteiger partial charge < -0.3 is 15.4 Å². The maximum absolute atomic E-state index is 11.6. The van der Waals surface area contributed by atoms with E-state index < -0.39 is 0 Å². The van der Waals surface area contributed by atoms with Gasteiger partial charge in [-0.25, -0.2) is 4.98 Å². The van der Waals surface area contributed by atoms with Gasteiger partial charge in [-0.2, -0.15) is 0 Å². The van der Waals surface area contributed by atoms with Crippen LogP contribution in [0.1, 0.15) is 51.3 Å². The molecule has 0 amide bonds. The first kappa shape index (κ1) is 14.1. The number of nitrogens with zero attached hydrogens (tertiary/aromatic N) is 1. The maximum Gasteiger partial charge on any atom is 0.252 e. The summed E-state index contributed by atoms with van der Waals surface area (Å²) < 4.78 is 0. The van der Waals surface area contributed by atoms with Crippen LogP contribution in [0.2, 0.25) is 0 Å². The molecule has 5 heteroatoms. The molecule has 1 heterocycles. The number of aliphatic hydroxyl groups excluding tert-OH is 1. The van der Waals surface area contributed by atoms with Gasteiger partial charge in [0.15, 0.2) is 0 Å². The minimum Gasteiger partial charge on any atom is -0.396 e. The van der Waals surface area contributed by atoms with E-state index >= 15 is 0 Å². The molecule has 0 aliphatic heterocycles. The van der Waals surface area contributed by atoms with Gasteiger partial charge >= 0.3 is 0 Å². The molecular weight excluding hydrogens is 242 g/mol. The molecule has 1 aliphatic carbocycles. The van der Waals surface area contributed by atoms with Crippen LogP contribution in [0, 0.1) is 5.41 Å². The Morgan fingerprint density at radius 2 is 2.26 bits per heavy atom. The number of hydrogen-bond donors (Lipinski definition) is 3. The molecule has 1 fully saturated rings. The molecular formula is C14H23N3O2. The van der Waals surface area contributed by atoms with Crippen LogP contribution in [0.5, 0.6) is 0 Å². The van der Waals surface area contributed by atoms with E-state index in [2.05, 4.69) is 29.1 Å². The molecule has 0 spiro atoms. The number of anilines is 1. The van der Waals surface area contributed by atoms with Crippen molar-refractivity contribution in [2.75, 3.05) is 18.5 Å². The highest BCUT2D eigenvalue weighted by Gasteiger charge is 2.26. The first-order chi connectivity index (χ1) is 9.00. The van der Waals surface area contributed by atoms with Gasteiger partial charge in [-0.15, -0.1) is 0 Å². The lowest BCUT2D eigenvalue weighted by atomic mass is 9.88. The van der Waals surface area contributed by atoms with Crippen molar-refractivity contribution in [3.8, 4) is 0 Å². The lowest BCUT2D eigenvalue weighted by Gasteiger charge is -2.24. The lowest BCUT2D eigenvalue weighted by Crippen LogP contribution is -2.25. The second-order valence-corrected chi connectivity index (χ2v) is 6.14. The summed E-state index contributed by atoms with van der Waals surface area (Å²) in [4.78, 5) is 18.8. The van der Waals surface area contributed by atoms with Gasteiger partial charge in [0.25, 0.3) is 5.56 Å². The largest absolute Gasteiger partial charge is 0.396 e. The summed E-state index contributed by atoms with van der Waals surface area (Å²) in [6.45, 7) is 5.25. The topological polar surface area (TPSA) is 78.0 Å². The fourth-order valence-electron chi connectivity index (χ4n) is 2.09. The van der Waals surface area contributed by atoms with Crippen LogP contribution in [0.3, 0.4) is 0 Å². The summed E-state index contributed by atoms with van der Waals surface area (Å²) in [6.07, 6.45) is 3.97. The van der Waals surface area contributed by atoms with Crippen LogP contribution in [0.4, 0.5) is 5.82 Å². The van der Waals surface area contributed by atoms with Gasteiger partial charge in [0, 0.05) is 25.1 Å². The number of aromatic amines is 1. The fourth-order valence-corrected chi connectivity index (χ4v) is 2.09. The fraction of sp³-hybridized carbons (Fsp3) is 0.714. The van der Waals surface area contributed by atoms with E-state index in [9.17, 15) is 4.79 Å². The third-order valence-electron chi connectivity index (χ3n) is 3.48. The summed E-state index contributed by atoms with van der Waals surface area (Å²) >= 11 is 0. The van der Waals surface area contributed by atoms with Crippen molar-refractivity contribution in [2.24, 2.45) is 5.41 Å². The lowest BCUT2D eigenvalue weighted by molar-refractivity contribution is 0.248. The molecule has 2 rings (SSSR count). The quantitative estimate of drug-likeness (QED) is 0.703. The smallest absolute Gasteiger partial charge is 0.252 e. The predicted molar refractivity (Wildman–Crippen MR) is 75.4 cm³/mol. The first-order valence-electron chi connectivity index (χ1n) is 6.96. The van der Waals surface area contributed by atoms with Crippen molar-refractivity contribution >= 4 is 5.82 Å². The molecule has 1 aromatic rings. The van der Waals surface area contributed by atoms with Crippen LogP contribution >= 0.6 is 0 Å². The van der Waals surface area contributed by atoms with Crippen molar-refractivity contribution in [1.29, 1.82) is 0 Å². The highest BCUT2D eigenvalue weighted by molar-refractivity contribution is 5.34. The van der Waals surface area contributed by atoms with Crippen LogP contribution in [0.25, 0.3) is 0 Å². The Hall–Kier alpha value is -1.36. The second kappa shape index (κ2) is 5.74. The van der Waals surface area contributed by atoms with E-state index in [0.717, 1.165) is 38.1 Å². The van der Waals surface area contributed by atoms with Gasteiger partial charge in [0.2, 0.25) is 0 Å². The van der Waals surface area contributed by atoms with E-state index in [-0.39, 0.29) is 17.6 Å². The van der Waals surface area contributed by atoms with Crippen molar-refractivity contribution in [3.63, 3.8) is 0 Å². The van der Waals surface area contributed by atoms with Crippen LogP contribution in [-0.4, -0.2) is 28.2 Å². The Bertz CT molecular complexity index is 478. The molecule has 1 aromatic heterocycles. The first-order valence-corrected chi connectivity index (χ1v) is 6.96. The van der Waals surface area contributed by atoms with Crippen LogP contribution < -0.4 is 10.9 Å². The molecule has 0 radical (unpaired) electrons. The average Bonchev–Trinajstić information content (AvgIpc) is 3.18. The van der Waals surface area contributed by atoms with E-state index in [1.165, 1.54) is 6.07 Å². The summed E-state index contributed by atoms with van der Waals surface area (Å²) in [5.74, 6) is 1.91. The van der Waals surface area contributed by atoms with Gasteiger partial charge in [0.05, 0.1) is 0 Å². The average molecular weight is 265 g/mol. The Labute approximate surface area is 113 Å². The number of aromatic nitrogens is 2. The molecule has 0 unspecified atom stereocenters. The highest BCUT2D eigenvalue weighted by Crippen LogP contribution is 2.37. The molecule has 106 valence electrons. The number of hydrogen-bond acceptors (Lipinski definition) is 4. The SMILES string of the molecule is CC(C)(CCCO)CNc1cc(=O)[nH]c(C2CC2)n1. The zero-order chi connectivity index (χ0) is 13.9. The van der Waals surface area contributed by atoms with E-state index in [1.807, 2.05) is 0 Å². The molecule has 0 aromatic carbocycles.